The number of fused-ring (bicyclic) bond motifs is 5. The Kier molecular flexibility index (Phi) is 12.9. The van der Waals surface area contributed by atoms with Gasteiger partial charge in [0.15, 0.2) is 23.6 Å². The molecule has 2 bridgehead atoms. The van der Waals surface area contributed by atoms with Gasteiger partial charge >= 0.3 is 30.1 Å². The number of ether oxygens (including phenoxy) is 6. The van der Waals surface area contributed by atoms with Crippen LogP contribution < -0.4 is 5.32 Å². The summed E-state index contributed by atoms with van der Waals surface area (Å²) >= 11 is 0. The van der Waals surface area contributed by atoms with Crippen molar-refractivity contribution in [2.75, 3.05) is 20.7 Å². The molecule has 61 heavy (non-hydrogen) atoms. The van der Waals surface area contributed by atoms with Crippen molar-refractivity contribution in [3.63, 3.8) is 0 Å². The fourth-order valence-electron chi connectivity index (χ4n) is 9.21. The summed E-state index contributed by atoms with van der Waals surface area (Å²) in [5, 5.41) is 38.8. The number of hydrogen-bond donors (Lipinski definition) is 4. The highest BCUT2D eigenvalue weighted by Gasteiger charge is 2.78. The monoisotopic (exact) mass is 864 g/mol. The van der Waals surface area contributed by atoms with Gasteiger partial charge in [-0.25, -0.2) is 19.2 Å². The van der Waals surface area contributed by atoms with Gasteiger partial charge in [0.2, 0.25) is 0 Å². The van der Waals surface area contributed by atoms with E-state index in [4.69, 9.17) is 28.4 Å². The maximum Gasteiger partial charge on any atom is 0.410 e. The molecule has 4 N–H and O–H groups in total. The highest BCUT2D eigenvalue weighted by molar-refractivity contribution is 5.95. The molecule has 5 rings (SSSR count). The number of nitrogens with one attached hydrogen (secondary N) is 1. The Labute approximate surface area is 351 Å². The Morgan fingerprint density at radius 3 is 2.18 bits per heavy atom. The first-order valence-corrected chi connectivity index (χ1v) is 19.6. The normalized spacial score (nSPS) is 32.4. The molecule has 11 atom stereocenters. The second kappa shape index (κ2) is 16.7. The van der Waals surface area contributed by atoms with Crippen LogP contribution in [-0.2, 0) is 42.8 Å². The predicted octanol–water partition coefficient (Wildman–Crippen LogP) is 3.37. The van der Waals surface area contributed by atoms with E-state index in [-0.39, 0.29) is 35.8 Å². The van der Waals surface area contributed by atoms with Crippen LogP contribution in [0.25, 0.3) is 0 Å². The van der Waals surface area contributed by atoms with Crippen LogP contribution in [0.15, 0.2) is 53.6 Å². The van der Waals surface area contributed by atoms with Crippen molar-refractivity contribution in [1.82, 2.24) is 10.2 Å². The fraction of sp³-hybridized carbons (Fsp3) is 0.619. The number of aliphatic hydroxyl groups excluding tert-OH is 2. The van der Waals surface area contributed by atoms with Gasteiger partial charge in [-0.3, -0.25) is 9.59 Å². The van der Waals surface area contributed by atoms with Gasteiger partial charge in [0.25, 0.3) is 6.08 Å². The number of aliphatic hydroxyl groups is 3. The minimum atomic E-state index is -2.53. The zero-order valence-corrected chi connectivity index (χ0v) is 35.6. The van der Waals surface area contributed by atoms with E-state index in [1.54, 1.807) is 18.2 Å². The number of Topliss-reactive ketones (excluding diaryl/α,β-unsaturated/α-hetero) is 1. The number of amides is 2. The number of alkyl carbamates (subject to hydrolysis) is 1. The second-order valence-corrected chi connectivity index (χ2v) is 17.9. The molecule has 3 aliphatic carbocycles. The lowest BCUT2D eigenvalue weighted by atomic mass is 9.44. The van der Waals surface area contributed by atoms with E-state index in [9.17, 15) is 48.1 Å². The topological polar surface area (TPSA) is 234 Å². The Morgan fingerprint density at radius 2 is 1.66 bits per heavy atom. The van der Waals surface area contributed by atoms with E-state index in [1.165, 1.54) is 74.7 Å². The molecule has 0 spiro atoms. The molecule has 0 unspecified atom stereocenters. The SMILES string of the molecule is CC(=O)O[C@@]12CO[C@@H]1C[C@H](O)[C@@]1(C)C(=O)[C@H](OC(=O)N(C)C)C3=C(C)[C@@H](OC(=O)[C@H](O)[C@H](C=C(F)F)NC(=O)OC(C)(C)C)C[C@@](O)([C@@H](OC(=O)c4ccccc4)[C@H]21)C3(C)C. The highest BCUT2D eigenvalue weighted by atomic mass is 19.3. The predicted molar refractivity (Wildman–Crippen MR) is 206 cm³/mol. The number of carbonyl (C=O) groups is 6. The van der Waals surface area contributed by atoms with Crippen LogP contribution in [0.5, 0.6) is 0 Å². The lowest BCUT2D eigenvalue weighted by Crippen LogP contribution is -2.82. The number of rotatable bonds is 9. The van der Waals surface area contributed by atoms with Crippen molar-refractivity contribution >= 4 is 35.9 Å². The van der Waals surface area contributed by atoms with Gasteiger partial charge in [-0.1, -0.05) is 32.0 Å². The van der Waals surface area contributed by atoms with E-state index in [2.05, 4.69) is 0 Å². The standard InChI is InChI=1S/C42H54F2N2O15/c1-20-24(57-35(52)29(49)23(16-27(43)44)45-36(53)61-38(3,4)5)18-42(55)33(59-34(51)22-14-12-11-13-15-22)31-40(8,25(48)17-26-41(31,19-56-26)60-21(2)47)32(50)30(28(20)39(42,6)7)58-37(54)46(9)10/h11-16,23-26,29-31,33,48-49,55H,17-19H2,1-10H3,(H,45,53)/t23-,24-,25-,26+,29+,30+,31-,33-,40+,41-,42+/m0/s1. The lowest BCUT2D eigenvalue weighted by molar-refractivity contribution is -0.345. The van der Waals surface area contributed by atoms with Gasteiger partial charge in [-0.15, -0.1) is 0 Å². The van der Waals surface area contributed by atoms with E-state index in [1.807, 2.05) is 5.32 Å². The summed E-state index contributed by atoms with van der Waals surface area (Å²) in [6.45, 7) is 10.9. The van der Waals surface area contributed by atoms with Gasteiger partial charge in [0, 0.05) is 45.4 Å². The Bertz CT molecular complexity index is 2000. The van der Waals surface area contributed by atoms with E-state index in [0.717, 1.165) is 11.8 Å². The first-order valence-electron chi connectivity index (χ1n) is 19.6. The minimum absolute atomic E-state index is 0.00150. The van der Waals surface area contributed by atoms with Crippen LogP contribution in [0.3, 0.4) is 0 Å². The Morgan fingerprint density at radius 1 is 1.03 bits per heavy atom. The van der Waals surface area contributed by atoms with Crippen molar-refractivity contribution in [3.8, 4) is 0 Å². The average Bonchev–Trinajstić information content (AvgIpc) is 3.14. The summed E-state index contributed by atoms with van der Waals surface area (Å²) in [5.41, 5.74) is -9.56. The molecule has 2 saturated carbocycles. The van der Waals surface area contributed by atoms with Gasteiger partial charge in [0.05, 0.1) is 35.6 Å². The molecule has 336 valence electrons. The van der Waals surface area contributed by atoms with Crippen LogP contribution in [0.2, 0.25) is 0 Å². The summed E-state index contributed by atoms with van der Waals surface area (Å²) in [7, 11) is 2.68. The molecule has 1 aliphatic heterocycles. The molecule has 1 saturated heterocycles. The summed E-state index contributed by atoms with van der Waals surface area (Å²) in [4.78, 5) is 83.6. The van der Waals surface area contributed by atoms with E-state index >= 15 is 4.79 Å². The van der Waals surface area contributed by atoms with Crippen LogP contribution in [-0.4, -0.2) is 136 Å². The van der Waals surface area contributed by atoms with E-state index in [0.29, 0.717) is 0 Å². The number of halogens is 2. The van der Waals surface area contributed by atoms with Crippen molar-refractivity contribution in [3.05, 3.63) is 59.2 Å². The smallest absolute Gasteiger partial charge is 0.410 e. The largest absolute Gasteiger partial charge is 0.456 e. The molecule has 1 heterocycles. The summed E-state index contributed by atoms with van der Waals surface area (Å²) < 4.78 is 62.2. The zero-order valence-electron chi connectivity index (χ0n) is 35.6. The molecule has 1 aromatic rings. The molecule has 0 radical (unpaired) electrons. The summed E-state index contributed by atoms with van der Waals surface area (Å²) in [5.74, 6) is -6.05. The van der Waals surface area contributed by atoms with Gasteiger partial charge in [0.1, 0.15) is 29.5 Å². The molecule has 19 heteroatoms. The molecule has 1 aromatic carbocycles. The third-order valence-corrected chi connectivity index (χ3v) is 12.3. The molecule has 0 aromatic heterocycles. The first-order chi connectivity index (χ1) is 28.1. The van der Waals surface area contributed by atoms with Crippen LogP contribution in [0.4, 0.5) is 18.4 Å². The number of benzene rings is 1. The van der Waals surface area contributed by atoms with Gasteiger partial charge in [-0.05, 0) is 57.9 Å². The molecule has 4 aliphatic rings. The highest BCUT2D eigenvalue weighted by Crippen LogP contribution is 2.64. The molecular weight excluding hydrogens is 810 g/mol. The summed E-state index contributed by atoms with van der Waals surface area (Å²) in [6.07, 6.45) is -16.4. The number of carbonyl (C=O) groups excluding carboxylic acids is 6. The molecule has 17 nitrogen and oxygen atoms in total. The van der Waals surface area contributed by atoms with Gasteiger partial charge in [-0.2, -0.15) is 8.78 Å². The van der Waals surface area contributed by atoms with Gasteiger partial charge < -0.3 is 54.0 Å². The first kappa shape index (κ1) is 47.1. The summed E-state index contributed by atoms with van der Waals surface area (Å²) in [6, 6.07) is 5.47. The molecular formula is C42H54F2N2O15. The number of nitrogens with zero attached hydrogens (tertiary/aromatic N) is 1. The molecule has 3 fully saturated rings. The lowest BCUT2D eigenvalue weighted by Gasteiger charge is -2.67. The molecule has 2 amide bonds. The minimum Gasteiger partial charge on any atom is -0.456 e. The van der Waals surface area contributed by atoms with Crippen molar-refractivity contribution < 1.29 is 81.3 Å². The Balaban J connectivity index is 1.76. The maximum absolute atomic E-state index is 15.5. The zero-order chi connectivity index (χ0) is 45.8. The van der Waals surface area contributed by atoms with Crippen LogP contribution >= 0.6 is 0 Å². The Hall–Kier alpha value is -4.98. The van der Waals surface area contributed by atoms with Crippen molar-refractivity contribution in [2.24, 2.45) is 16.7 Å². The van der Waals surface area contributed by atoms with Crippen LogP contribution in [0, 0.1) is 16.7 Å². The maximum atomic E-state index is 15.5. The van der Waals surface area contributed by atoms with Crippen LogP contribution in [0.1, 0.15) is 78.6 Å². The number of hydrogen-bond acceptors (Lipinski definition) is 15. The third-order valence-electron chi connectivity index (χ3n) is 12.3. The number of ketones is 1. The second-order valence-electron chi connectivity index (χ2n) is 17.9. The van der Waals surface area contributed by atoms with Crippen molar-refractivity contribution in [1.29, 1.82) is 0 Å². The quantitative estimate of drug-likeness (QED) is 0.158. The fourth-order valence-corrected chi connectivity index (χ4v) is 9.21. The average molecular weight is 865 g/mol. The van der Waals surface area contributed by atoms with E-state index < -0.39 is 125 Å². The number of esters is 3. The van der Waals surface area contributed by atoms with Crippen molar-refractivity contribution in [2.45, 2.75) is 128 Å². The third kappa shape index (κ3) is 8.48.